The number of fused-ring (bicyclic) bond motifs is 1. The summed E-state index contributed by atoms with van der Waals surface area (Å²) in [6.45, 7) is 4.06. The Hall–Kier alpha value is -3.25. The molecule has 182 valence electrons. The van der Waals surface area contributed by atoms with Crippen LogP contribution >= 0.6 is 34.8 Å². The molecule has 0 saturated heterocycles. The molecule has 0 aliphatic heterocycles. The Morgan fingerprint density at radius 3 is 2.47 bits per heavy atom. The van der Waals surface area contributed by atoms with E-state index in [1.54, 1.807) is 31.5 Å². The first-order valence-electron chi connectivity index (χ1n) is 11.4. The predicted octanol–water partition coefficient (Wildman–Crippen LogP) is 8.44. The van der Waals surface area contributed by atoms with Crippen molar-refractivity contribution in [1.82, 2.24) is 14.5 Å². The number of aromatic nitrogens is 3. The summed E-state index contributed by atoms with van der Waals surface area (Å²) in [6, 6.07) is 20.6. The van der Waals surface area contributed by atoms with E-state index in [2.05, 4.69) is 4.98 Å². The van der Waals surface area contributed by atoms with E-state index < -0.39 is 5.97 Å². The van der Waals surface area contributed by atoms with E-state index in [4.69, 9.17) is 44.5 Å². The second kappa shape index (κ2) is 10.0. The molecule has 0 bridgehead atoms. The third kappa shape index (κ3) is 4.39. The quantitative estimate of drug-likeness (QED) is 0.221. The normalized spacial score (nSPS) is 12.1. The van der Waals surface area contributed by atoms with Gasteiger partial charge in [-0.15, -0.1) is 0 Å². The molecule has 0 saturated carbocycles. The Morgan fingerprint density at radius 2 is 1.75 bits per heavy atom. The Labute approximate surface area is 223 Å². The van der Waals surface area contributed by atoms with Gasteiger partial charge in [-0.05, 0) is 43.7 Å². The highest BCUT2D eigenvalue weighted by Gasteiger charge is 2.28. The fraction of sp³-hybridized carbons (Fsp3) is 0.143. The van der Waals surface area contributed by atoms with Crippen LogP contribution < -0.4 is 0 Å². The first kappa shape index (κ1) is 24.4. The number of halogens is 3. The smallest absolute Gasteiger partial charge is 0.355 e. The number of nitrogens with zero attached hydrogens (tertiary/aromatic N) is 2. The van der Waals surface area contributed by atoms with Gasteiger partial charge < -0.3 is 14.3 Å². The van der Waals surface area contributed by atoms with Crippen LogP contribution in [0.3, 0.4) is 0 Å². The summed E-state index contributed by atoms with van der Waals surface area (Å²) in [6.07, 6.45) is 1.77. The van der Waals surface area contributed by atoms with Crippen LogP contribution in [0.1, 0.15) is 35.9 Å². The maximum Gasteiger partial charge on any atom is 0.355 e. The number of benzene rings is 3. The number of hydrogen-bond donors (Lipinski definition) is 1. The zero-order chi connectivity index (χ0) is 25.4. The molecule has 36 heavy (non-hydrogen) atoms. The highest BCUT2D eigenvalue weighted by Crippen LogP contribution is 2.42. The molecule has 5 aromatic rings. The molecule has 0 aliphatic rings. The van der Waals surface area contributed by atoms with E-state index in [1.165, 1.54) is 0 Å². The van der Waals surface area contributed by atoms with E-state index in [-0.39, 0.29) is 12.6 Å². The Balaban J connectivity index is 1.83. The molecule has 0 fully saturated rings. The van der Waals surface area contributed by atoms with Crippen molar-refractivity contribution in [2.75, 3.05) is 6.61 Å². The average Bonchev–Trinajstić information content (AvgIpc) is 3.45. The lowest BCUT2D eigenvalue weighted by atomic mass is 10.00. The van der Waals surface area contributed by atoms with Gasteiger partial charge in [-0.3, -0.25) is 0 Å². The van der Waals surface area contributed by atoms with Gasteiger partial charge in [-0.1, -0.05) is 77.3 Å². The first-order chi connectivity index (χ1) is 17.4. The number of hydrogen-bond acceptors (Lipinski definition) is 3. The molecule has 0 radical (unpaired) electrons. The SMILES string of the molecule is CCOC(=O)c1[nH]c2cc(Cl)ccc2c1-c1c(-c2ccccc2)ncn1[C@@H](C)c1ccc(Cl)cc1Cl. The molecular formula is C28H22Cl3N3O2. The number of H-pyrrole nitrogens is 1. The molecule has 2 heterocycles. The molecular weight excluding hydrogens is 517 g/mol. The van der Waals surface area contributed by atoms with Gasteiger partial charge in [0.2, 0.25) is 0 Å². The van der Waals surface area contributed by atoms with Gasteiger partial charge in [0.15, 0.2) is 0 Å². The first-order valence-corrected chi connectivity index (χ1v) is 12.6. The molecule has 5 nitrogen and oxygen atoms in total. The molecule has 0 spiro atoms. The van der Waals surface area contributed by atoms with E-state index in [0.29, 0.717) is 26.3 Å². The zero-order valence-electron chi connectivity index (χ0n) is 19.6. The van der Waals surface area contributed by atoms with Crippen LogP contribution in [0.4, 0.5) is 0 Å². The lowest BCUT2D eigenvalue weighted by molar-refractivity contribution is 0.0521. The summed E-state index contributed by atoms with van der Waals surface area (Å²) < 4.78 is 7.45. The van der Waals surface area contributed by atoms with Gasteiger partial charge >= 0.3 is 5.97 Å². The minimum atomic E-state index is -0.455. The number of ether oxygens (including phenoxy) is 1. The standard InChI is InChI=1S/C28H22Cl3N3O2/c1-3-36-28(35)26-24(21-12-10-19(30)14-23(21)33-26)27-25(17-7-5-4-6-8-17)32-15-34(27)16(2)20-11-9-18(29)13-22(20)31/h4-16,33H,3H2,1-2H3/t16-/m0/s1. The summed E-state index contributed by atoms with van der Waals surface area (Å²) in [5.74, 6) is -0.455. The second-order valence-electron chi connectivity index (χ2n) is 8.34. The fourth-order valence-corrected chi connectivity index (χ4v) is 5.21. The molecule has 1 atom stereocenters. The molecule has 0 aliphatic carbocycles. The van der Waals surface area contributed by atoms with Crippen molar-refractivity contribution >= 4 is 51.7 Å². The Bertz CT molecular complexity index is 1570. The monoisotopic (exact) mass is 537 g/mol. The molecule has 2 aromatic heterocycles. The molecule has 5 rings (SSSR count). The third-order valence-electron chi connectivity index (χ3n) is 6.15. The largest absolute Gasteiger partial charge is 0.461 e. The molecule has 0 unspecified atom stereocenters. The zero-order valence-corrected chi connectivity index (χ0v) is 21.8. The van der Waals surface area contributed by atoms with Gasteiger partial charge in [0.05, 0.1) is 30.4 Å². The second-order valence-corrected chi connectivity index (χ2v) is 9.62. The summed E-state index contributed by atoms with van der Waals surface area (Å²) >= 11 is 19.0. The van der Waals surface area contributed by atoms with Crippen LogP contribution in [0.15, 0.2) is 73.1 Å². The van der Waals surface area contributed by atoms with E-state index in [9.17, 15) is 4.79 Å². The number of nitrogens with one attached hydrogen (secondary N) is 1. The number of carbonyl (C=O) groups is 1. The lowest BCUT2D eigenvalue weighted by Gasteiger charge is -2.20. The number of aromatic amines is 1. The number of esters is 1. The van der Waals surface area contributed by atoms with Crippen LogP contribution in [0, 0.1) is 0 Å². The summed E-state index contributed by atoms with van der Waals surface area (Å²) in [4.78, 5) is 21.2. The van der Waals surface area contributed by atoms with E-state index in [0.717, 1.165) is 33.4 Å². The third-order valence-corrected chi connectivity index (χ3v) is 6.95. The Kier molecular flexibility index (Phi) is 6.80. The van der Waals surface area contributed by atoms with Crippen molar-refractivity contribution in [2.45, 2.75) is 19.9 Å². The number of carbonyl (C=O) groups excluding carboxylic acids is 1. The van der Waals surface area contributed by atoms with Crippen LogP contribution in [0.25, 0.3) is 33.4 Å². The molecule has 3 aromatic carbocycles. The average molecular weight is 539 g/mol. The van der Waals surface area contributed by atoms with E-state index in [1.807, 2.05) is 60.0 Å². The highest BCUT2D eigenvalue weighted by molar-refractivity contribution is 6.35. The van der Waals surface area contributed by atoms with Crippen molar-refractivity contribution < 1.29 is 9.53 Å². The van der Waals surface area contributed by atoms with Gasteiger partial charge in [-0.25, -0.2) is 9.78 Å². The van der Waals surface area contributed by atoms with Crippen molar-refractivity contribution in [3.63, 3.8) is 0 Å². The predicted molar refractivity (Wildman–Crippen MR) is 146 cm³/mol. The maximum absolute atomic E-state index is 13.2. The van der Waals surface area contributed by atoms with E-state index >= 15 is 0 Å². The fourth-order valence-electron chi connectivity index (χ4n) is 4.47. The summed E-state index contributed by atoms with van der Waals surface area (Å²) in [5.41, 5.74) is 5.03. The van der Waals surface area contributed by atoms with Crippen LogP contribution in [-0.2, 0) is 4.74 Å². The van der Waals surface area contributed by atoms with Crippen molar-refractivity contribution in [1.29, 1.82) is 0 Å². The van der Waals surface area contributed by atoms with Crippen LogP contribution in [0.5, 0.6) is 0 Å². The van der Waals surface area contributed by atoms with Crippen LogP contribution in [0.2, 0.25) is 15.1 Å². The summed E-state index contributed by atoms with van der Waals surface area (Å²) in [7, 11) is 0. The Morgan fingerprint density at radius 1 is 1.03 bits per heavy atom. The van der Waals surface area contributed by atoms with Gasteiger partial charge in [0.1, 0.15) is 5.69 Å². The minimum Gasteiger partial charge on any atom is -0.461 e. The number of rotatable bonds is 6. The van der Waals surface area contributed by atoms with Crippen molar-refractivity contribution in [3.05, 3.63) is 99.4 Å². The lowest BCUT2D eigenvalue weighted by Crippen LogP contribution is -2.11. The topological polar surface area (TPSA) is 59.9 Å². The minimum absolute atomic E-state index is 0.220. The van der Waals surface area contributed by atoms with Crippen LogP contribution in [-0.4, -0.2) is 27.1 Å². The van der Waals surface area contributed by atoms with Gasteiger partial charge in [-0.2, -0.15) is 0 Å². The number of imidazole rings is 1. The molecule has 1 N–H and O–H groups in total. The molecule has 0 amide bonds. The summed E-state index contributed by atoms with van der Waals surface area (Å²) in [5, 5.41) is 2.50. The highest BCUT2D eigenvalue weighted by atomic mass is 35.5. The van der Waals surface area contributed by atoms with Crippen molar-refractivity contribution in [3.8, 4) is 22.5 Å². The maximum atomic E-state index is 13.2. The van der Waals surface area contributed by atoms with Crippen molar-refractivity contribution in [2.24, 2.45) is 0 Å². The van der Waals surface area contributed by atoms with Gasteiger partial charge in [0.25, 0.3) is 0 Å². The molecule has 8 heteroatoms. The van der Waals surface area contributed by atoms with Gasteiger partial charge in [0, 0.05) is 37.1 Å².